The molecule has 1 aromatic carbocycles. The van der Waals surface area contributed by atoms with Gasteiger partial charge in [-0.15, -0.1) is 24.8 Å². The van der Waals surface area contributed by atoms with Crippen LogP contribution in [0.1, 0.15) is 22.3 Å². The van der Waals surface area contributed by atoms with Gasteiger partial charge in [-0.2, -0.15) is 0 Å². The predicted octanol–water partition coefficient (Wildman–Crippen LogP) is 3.52. The number of anilines is 1. The number of nitrogens with two attached hydrogens (primary N) is 1. The van der Waals surface area contributed by atoms with Crippen molar-refractivity contribution < 1.29 is 4.79 Å². The molecule has 0 saturated carbocycles. The Morgan fingerprint density at radius 2 is 2.05 bits per heavy atom. The maximum Gasteiger partial charge on any atom is 0.253 e. The zero-order chi connectivity index (χ0) is 14.4. The van der Waals surface area contributed by atoms with E-state index >= 15 is 0 Å². The van der Waals surface area contributed by atoms with Crippen molar-refractivity contribution in [2.45, 2.75) is 12.8 Å². The van der Waals surface area contributed by atoms with Gasteiger partial charge in [-0.25, -0.2) is 0 Å². The standard InChI is InChI=1S/C15H16ClN3O.2ClH/c16-12-5-6-14(17)13(9-12)15(20)19-8-2-4-11-3-1-7-18-10-11;;/h1,3,5-7,9-10H,2,4,8,17H2,(H,19,20);2*1H. The normalized spacial score (nSPS) is 9.32. The van der Waals surface area contributed by atoms with Crippen molar-refractivity contribution in [1.82, 2.24) is 10.3 Å². The van der Waals surface area contributed by atoms with Crippen LogP contribution in [-0.2, 0) is 6.42 Å². The van der Waals surface area contributed by atoms with Crippen LogP contribution in [0.25, 0.3) is 0 Å². The average molecular weight is 363 g/mol. The highest BCUT2D eigenvalue weighted by molar-refractivity contribution is 6.31. The minimum atomic E-state index is -0.198. The molecule has 0 aliphatic rings. The number of aryl methyl sites for hydroxylation is 1. The average Bonchev–Trinajstić information content (AvgIpc) is 2.47. The third kappa shape index (κ3) is 6.10. The molecule has 0 fully saturated rings. The first-order valence-corrected chi connectivity index (χ1v) is 6.77. The first-order chi connectivity index (χ1) is 9.66. The van der Waals surface area contributed by atoms with E-state index in [9.17, 15) is 4.79 Å². The molecule has 1 heterocycles. The van der Waals surface area contributed by atoms with Crippen molar-refractivity contribution in [2.75, 3.05) is 12.3 Å². The van der Waals surface area contributed by atoms with Crippen LogP contribution >= 0.6 is 36.4 Å². The number of rotatable bonds is 5. The fourth-order valence-electron chi connectivity index (χ4n) is 1.86. The monoisotopic (exact) mass is 361 g/mol. The number of hydrogen-bond acceptors (Lipinski definition) is 3. The summed E-state index contributed by atoms with van der Waals surface area (Å²) < 4.78 is 0. The summed E-state index contributed by atoms with van der Waals surface area (Å²) in [5.74, 6) is -0.198. The summed E-state index contributed by atoms with van der Waals surface area (Å²) in [6, 6.07) is 8.79. The Morgan fingerprint density at radius 1 is 1.27 bits per heavy atom. The number of halogens is 3. The predicted molar refractivity (Wildman–Crippen MR) is 95.3 cm³/mol. The van der Waals surface area contributed by atoms with Crippen molar-refractivity contribution in [2.24, 2.45) is 0 Å². The molecule has 120 valence electrons. The number of carbonyl (C=O) groups is 1. The maximum absolute atomic E-state index is 12.0. The lowest BCUT2D eigenvalue weighted by Crippen LogP contribution is -2.25. The first kappa shape index (κ1) is 20.5. The van der Waals surface area contributed by atoms with Gasteiger partial charge in [0.2, 0.25) is 0 Å². The highest BCUT2D eigenvalue weighted by Gasteiger charge is 2.09. The molecule has 0 atom stereocenters. The van der Waals surface area contributed by atoms with Crippen molar-refractivity contribution in [3.05, 3.63) is 58.9 Å². The maximum atomic E-state index is 12.0. The van der Waals surface area contributed by atoms with Gasteiger partial charge in [0.1, 0.15) is 0 Å². The number of nitrogens with one attached hydrogen (secondary N) is 1. The van der Waals surface area contributed by atoms with Crippen LogP contribution in [0.4, 0.5) is 5.69 Å². The van der Waals surface area contributed by atoms with Gasteiger partial charge >= 0.3 is 0 Å². The molecule has 1 amide bonds. The van der Waals surface area contributed by atoms with Crippen LogP contribution in [0.3, 0.4) is 0 Å². The SMILES string of the molecule is Cl.Cl.Nc1ccc(Cl)cc1C(=O)NCCCc1cccnc1. The fraction of sp³-hybridized carbons (Fsp3) is 0.200. The Hall–Kier alpha value is -1.49. The van der Waals surface area contributed by atoms with E-state index in [2.05, 4.69) is 10.3 Å². The van der Waals surface area contributed by atoms with Gasteiger partial charge in [0.15, 0.2) is 0 Å². The largest absolute Gasteiger partial charge is 0.398 e. The van der Waals surface area contributed by atoms with Gasteiger partial charge in [-0.1, -0.05) is 17.7 Å². The molecule has 7 heteroatoms. The van der Waals surface area contributed by atoms with Gasteiger partial charge < -0.3 is 11.1 Å². The van der Waals surface area contributed by atoms with Crippen molar-refractivity contribution in [3.8, 4) is 0 Å². The molecule has 0 aliphatic carbocycles. The van der Waals surface area contributed by atoms with E-state index in [4.69, 9.17) is 17.3 Å². The van der Waals surface area contributed by atoms with Gasteiger partial charge in [0.25, 0.3) is 5.91 Å². The van der Waals surface area contributed by atoms with Crippen LogP contribution < -0.4 is 11.1 Å². The Morgan fingerprint density at radius 3 is 2.73 bits per heavy atom. The highest BCUT2D eigenvalue weighted by atomic mass is 35.5. The molecule has 4 nitrogen and oxygen atoms in total. The molecule has 0 spiro atoms. The Labute approximate surface area is 147 Å². The van der Waals surface area contributed by atoms with Crippen molar-refractivity contribution in [1.29, 1.82) is 0 Å². The van der Waals surface area contributed by atoms with Gasteiger partial charge in [-0.3, -0.25) is 9.78 Å². The number of carbonyl (C=O) groups excluding carboxylic acids is 1. The molecule has 0 saturated heterocycles. The second-order valence-electron chi connectivity index (χ2n) is 4.45. The third-order valence-corrected chi connectivity index (χ3v) is 3.15. The number of amides is 1. The summed E-state index contributed by atoms with van der Waals surface area (Å²) in [4.78, 5) is 16.0. The Bertz CT molecular complexity index is 594. The Kier molecular flexibility index (Phi) is 9.58. The lowest BCUT2D eigenvalue weighted by molar-refractivity contribution is 0.0954. The van der Waals surface area contributed by atoms with E-state index in [-0.39, 0.29) is 30.7 Å². The number of benzene rings is 1. The zero-order valence-electron chi connectivity index (χ0n) is 11.8. The molecule has 2 rings (SSSR count). The lowest BCUT2D eigenvalue weighted by atomic mass is 10.1. The van der Waals surface area contributed by atoms with Crippen LogP contribution in [0, 0.1) is 0 Å². The van der Waals surface area contributed by atoms with Gasteiger partial charge in [0, 0.05) is 29.6 Å². The molecule has 0 bridgehead atoms. The minimum Gasteiger partial charge on any atom is -0.398 e. The summed E-state index contributed by atoms with van der Waals surface area (Å²) in [6.45, 7) is 0.583. The number of hydrogen-bond donors (Lipinski definition) is 2. The molecule has 3 N–H and O–H groups in total. The molecular weight excluding hydrogens is 345 g/mol. The molecule has 0 unspecified atom stereocenters. The van der Waals surface area contributed by atoms with Crippen LogP contribution in [0.15, 0.2) is 42.7 Å². The number of nitrogens with zero attached hydrogens (tertiary/aromatic N) is 1. The summed E-state index contributed by atoms with van der Waals surface area (Å²) in [7, 11) is 0. The minimum absolute atomic E-state index is 0. The molecule has 2 aromatic rings. The molecule has 1 aromatic heterocycles. The quantitative estimate of drug-likeness (QED) is 0.631. The van der Waals surface area contributed by atoms with E-state index in [1.165, 1.54) is 0 Å². The van der Waals surface area contributed by atoms with Crippen LogP contribution in [0.2, 0.25) is 5.02 Å². The van der Waals surface area contributed by atoms with E-state index in [1.807, 2.05) is 18.3 Å². The molecule has 22 heavy (non-hydrogen) atoms. The Balaban J connectivity index is 0.00000220. The zero-order valence-corrected chi connectivity index (χ0v) is 14.2. The van der Waals surface area contributed by atoms with E-state index < -0.39 is 0 Å². The van der Waals surface area contributed by atoms with E-state index in [1.54, 1.807) is 24.4 Å². The number of nitrogen functional groups attached to an aromatic ring is 1. The van der Waals surface area contributed by atoms with Gasteiger partial charge in [0.05, 0.1) is 5.56 Å². The summed E-state index contributed by atoms with van der Waals surface area (Å²) in [5.41, 5.74) is 7.76. The summed E-state index contributed by atoms with van der Waals surface area (Å²) in [5, 5.41) is 3.34. The number of aromatic nitrogens is 1. The number of pyridine rings is 1. The van der Waals surface area contributed by atoms with Gasteiger partial charge in [-0.05, 0) is 42.7 Å². The highest BCUT2D eigenvalue weighted by Crippen LogP contribution is 2.17. The smallest absolute Gasteiger partial charge is 0.253 e. The molecule has 0 aliphatic heterocycles. The molecular formula is C15H18Cl3N3O. The summed E-state index contributed by atoms with van der Waals surface area (Å²) >= 11 is 5.86. The van der Waals surface area contributed by atoms with Crippen LogP contribution in [-0.4, -0.2) is 17.4 Å². The molecule has 0 radical (unpaired) electrons. The fourth-order valence-corrected chi connectivity index (χ4v) is 2.03. The van der Waals surface area contributed by atoms with Crippen molar-refractivity contribution in [3.63, 3.8) is 0 Å². The second-order valence-corrected chi connectivity index (χ2v) is 4.89. The van der Waals surface area contributed by atoms with E-state index in [0.29, 0.717) is 22.8 Å². The van der Waals surface area contributed by atoms with Crippen molar-refractivity contribution >= 4 is 48.0 Å². The van der Waals surface area contributed by atoms with Crippen LogP contribution in [0.5, 0.6) is 0 Å². The topological polar surface area (TPSA) is 68.0 Å². The first-order valence-electron chi connectivity index (χ1n) is 6.39. The lowest BCUT2D eigenvalue weighted by Gasteiger charge is -2.08. The second kappa shape index (κ2) is 10.3. The van der Waals surface area contributed by atoms with E-state index in [0.717, 1.165) is 18.4 Å². The third-order valence-electron chi connectivity index (χ3n) is 2.91. The summed E-state index contributed by atoms with van der Waals surface area (Å²) in [6.07, 6.45) is 5.29.